The first-order valence-corrected chi connectivity index (χ1v) is 14.0. The molecule has 37 heavy (non-hydrogen) atoms. The minimum atomic E-state index is -3.79. The Kier molecular flexibility index (Phi) is 9.33. The molecule has 0 aromatic heterocycles. The van der Waals surface area contributed by atoms with Gasteiger partial charge >= 0.3 is 5.97 Å². The van der Waals surface area contributed by atoms with Gasteiger partial charge in [-0.2, -0.15) is 8.42 Å². The third kappa shape index (κ3) is 7.59. The van der Waals surface area contributed by atoms with Gasteiger partial charge < -0.3 is 23.7 Å². The molecule has 2 saturated heterocycles. The van der Waals surface area contributed by atoms with E-state index >= 15 is 0 Å². The molecule has 2 aromatic rings. The van der Waals surface area contributed by atoms with Gasteiger partial charge in [0.1, 0.15) is 18.0 Å². The smallest absolute Gasteiger partial charge is 0.338 e. The Hall–Kier alpha value is -2.34. The average Bonchev–Trinajstić information content (AvgIpc) is 2.88. The van der Waals surface area contributed by atoms with Gasteiger partial charge in [0, 0.05) is 20.0 Å². The summed E-state index contributed by atoms with van der Waals surface area (Å²) in [6.45, 7) is 3.56. The number of hydrogen-bond acceptors (Lipinski definition) is 9. The van der Waals surface area contributed by atoms with Crippen LogP contribution in [0.25, 0.3) is 0 Å². The van der Waals surface area contributed by atoms with Gasteiger partial charge in [-0.15, -0.1) is 0 Å². The predicted octanol–water partition coefficient (Wildman–Crippen LogP) is 3.82. The Bertz CT molecular complexity index is 1110. The number of hydrogen-bond donors (Lipinski definition) is 0. The molecule has 0 saturated carbocycles. The molecule has 2 aromatic carbocycles. The number of rotatable bonds is 9. The molecule has 0 amide bonds. The van der Waals surface area contributed by atoms with Crippen molar-refractivity contribution in [3.63, 3.8) is 0 Å². The second-order valence-electron chi connectivity index (χ2n) is 9.32. The summed E-state index contributed by atoms with van der Waals surface area (Å²) in [4.78, 5) is 12.7. The van der Waals surface area contributed by atoms with Gasteiger partial charge in [0.15, 0.2) is 18.7 Å². The molecule has 2 heterocycles. The van der Waals surface area contributed by atoms with E-state index in [1.54, 1.807) is 69.5 Å². The lowest BCUT2D eigenvalue weighted by Crippen LogP contribution is -2.53. The lowest BCUT2D eigenvalue weighted by Gasteiger charge is -2.42. The SMILES string of the molecule is CO[C@@H]1C[C@@H](O[C@H]2CC[C@H](OS(=O)(=O)Cc3ccccc3)[C@@H](C)O2)[C@H](OC(=O)c2ccccc2)[C@@H](C)O1. The maximum Gasteiger partial charge on any atom is 0.338 e. The van der Waals surface area contributed by atoms with Crippen molar-refractivity contribution in [1.82, 2.24) is 0 Å². The van der Waals surface area contributed by atoms with Crippen LogP contribution in [0, 0.1) is 0 Å². The lowest BCUT2D eigenvalue weighted by molar-refractivity contribution is -0.292. The number of esters is 1. The first kappa shape index (κ1) is 27.7. The van der Waals surface area contributed by atoms with Crippen molar-refractivity contribution < 1.29 is 41.1 Å². The fraction of sp³-hybridized carbons (Fsp3) is 0.519. The molecule has 9 nitrogen and oxygen atoms in total. The van der Waals surface area contributed by atoms with Crippen LogP contribution in [-0.2, 0) is 43.7 Å². The molecule has 2 aliphatic heterocycles. The van der Waals surface area contributed by atoms with Crippen LogP contribution in [0.15, 0.2) is 60.7 Å². The van der Waals surface area contributed by atoms with E-state index in [-0.39, 0.29) is 5.75 Å². The maximum atomic E-state index is 12.7. The molecule has 0 radical (unpaired) electrons. The molecule has 4 rings (SSSR count). The summed E-state index contributed by atoms with van der Waals surface area (Å²) in [5, 5.41) is 0. The number of benzene rings is 2. The fourth-order valence-corrected chi connectivity index (χ4v) is 5.87. The number of ether oxygens (including phenoxy) is 5. The van der Waals surface area contributed by atoms with Crippen molar-refractivity contribution in [3.05, 3.63) is 71.8 Å². The van der Waals surface area contributed by atoms with Crippen molar-refractivity contribution in [1.29, 1.82) is 0 Å². The minimum absolute atomic E-state index is 0.205. The third-order valence-electron chi connectivity index (χ3n) is 6.50. The van der Waals surface area contributed by atoms with E-state index in [2.05, 4.69) is 0 Å². The van der Waals surface area contributed by atoms with Crippen LogP contribution >= 0.6 is 0 Å². The quantitative estimate of drug-likeness (QED) is 0.351. The highest BCUT2D eigenvalue weighted by molar-refractivity contribution is 7.85. The maximum absolute atomic E-state index is 12.7. The van der Waals surface area contributed by atoms with Crippen molar-refractivity contribution in [3.8, 4) is 0 Å². The van der Waals surface area contributed by atoms with Gasteiger partial charge in [0.2, 0.25) is 0 Å². The summed E-state index contributed by atoms with van der Waals surface area (Å²) in [6.07, 6.45) is -2.81. The number of methoxy groups -OCH3 is 1. The molecule has 0 unspecified atom stereocenters. The average molecular weight is 535 g/mol. The van der Waals surface area contributed by atoms with Gasteiger partial charge in [-0.1, -0.05) is 48.5 Å². The van der Waals surface area contributed by atoms with E-state index in [1.165, 1.54) is 0 Å². The van der Waals surface area contributed by atoms with E-state index in [1.807, 2.05) is 12.1 Å². The van der Waals surface area contributed by atoms with Crippen LogP contribution in [0.5, 0.6) is 0 Å². The van der Waals surface area contributed by atoms with Gasteiger partial charge in [-0.25, -0.2) is 4.79 Å². The first-order chi connectivity index (χ1) is 17.7. The zero-order chi connectivity index (χ0) is 26.4. The Balaban J connectivity index is 1.36. The Morgan fingerprint density at radius 2 is 1.54 bits per heavy atom. The summed E-state index contributed by atoms with van der Waals surface area (Å²) in [5.41, 5.74) is 1.09. The van der Waals surface area contributed by atoms with E-state index in [0.29, 0.717) is 30.4 Å². The number of carbonyl (C=O) groups excluding carboxylic acids is 1. The zero-order valence-electron chi connectivity index (χ0n) is 21.2. The van der Waals surface area contributed by atoms with Gasteiger partial charge in [0.05, 0.1) is 17.8 Å². The molecule has 0 N–H and O–H groups in total. The molecular formula is C27H34O9S. The van der Waals surface area contributed by atoms with Crippen LogP contribution in [0.2, 0.25) is 0 Å². The molecule has 0 aliphatic carbocycles. The van der Waals surface area contributed by atoms with E-state index in [4.69, 9.17) is 27.9 Å². The summed E-state index contributed by atoms with van der Waals surface area (Å²) in [5.74, 6) is -0.676. The van der Waals surface area contributed by atoms with E-state index in [0.717, 1.165) is 0 Å². The monoisotopic (exact) mass is 534 g/mol. The highest BCUT2D eigenvalue weighted by Crippen LogP contribution is 2.31. The molecule has 2 fully saturated rings. The summed E-state index contributed by atoms with van der Waals surface area (Å²) in [6, 6.07) is 17.6. The zero-order valence-corrected chi connectivity index (χ0v) is 22.0. The molecule has 0 spiro atoms. The Morgan fingerprint density at radius 3 is 2.19 bits per heavy atom. The Labute approximate surface area is 218 Å². The molecular weight excluding hydrogens is 500 g/mol. The summed E-state index contributed by atoms with van der Waals surface area (Å²) in [7, 11) is -2.25. The van der Waals surface area contributed by atoms with E-state index in [9.17, 15) is 13.2 Å². The second kappa shape index (κ2) is 12.5. The third-order valence-corrected chi connectivity index (χ3v) is 7.72. The van der Waals surface area contributed by atoms with Crippen LogP contribution in [0.1, 0.15) is 49.0 Å². The Morgan fingerprint density at radius 1 is 0.892 bits per heavy atom. The van der Waals surface area contributed by atoms with Gasteiger partial charge in [0.25, 0.3) is 10.1 Å². The van der Waals surface area contributed by atoms with E-state index < -0.39 is 59.2 Å². The van der Waals surface area contributed by atoms with Crippen molar-refractivity contribution in [2.24, 2.45) is 0 Å². The van der Waals surface area contributed by atoms with Crippen LogP contribution in [0.4, 0.5) is 0 Å². The largest absolute Gasteiger partial charge is 0.453 e. The normalized spacial score (nSPS) is 30.5. The summed E-state index contributed by atoms with van der Waals surface area (Å²) >= 11 is 0. The predicted molar refractivity (Wildman–Crippen MR) is 134 cm³/mol. The fourth-order valence-electron chi connectivity index (χ4n) is 4.57. The molecule has 0 bridgehead atoms. The standard InChI is InChI=1S/C27H34O9S/c1-18-22(36-37(29,30)17-20-10-6-4-7-11-20)14-15-24(32-18)34-23-16-25(31-3)33-19(2)26(23)35-27(28)21-12-8-5-9-13-21/h4-13,18-19,22-26H,14-17H2,1-3H3/t18-,19-,22+,23-,24+,25+,26-/m1/s1. The molecule has 202 valence electrons. The van der Waals surface area contributed by atoms with Crippen LogP contribution in [0.3, 0.4) is 0 Å². The van der Waals surface area contributed by atoms with Gasteiger partial charge in [-0.05, 0) is 38.0 Å². The van der Waals surface area contributed by atoms with Crippen molar-refractivity contribution >= 4 is 16.1 Å². The molecule has 2 aliphatic rings. The molecule has 7 atom stereocenters. The highest BCUT2D eigenvalue weighted by atomic mass is 32.2. The van der Waals surface area contributed by atoms with Gasteiger partial charge in [-0.3, -0.25) is 4.18 Å². The molecule has 10 heteroatoms. The first-order valence-electron chi connectivity index (χ1n) is 12.4. The highest BCUT2D eigenvalue weighted by Gasteiger charge is 2.43. The van der Waals surface area contributed by atoms with Crippen LogP contribution < -0.4 is 0 Å². The topological polar surface area (TPSA) is 107 Å². The second-order valence-corrected chi connectivity index (χ2v) is 10.9. The van der Waals surface area contributed by atoms with Crippen LogP contribution in [-0.4, -0.2) is 64.6 Å². The lowest BCUT2D eigenvalue weighted by atomic mass is 10.0. The van der Waals surface area contributed by atoms with Crippen molar-refractivity contribution in [2.45, 2.75) is 82.0 Å². The number of carbonyl (C=O) groups is 1. The minimum Gasteiger partial charge on any atom is -0.453 e. The van der Waals surface area contributed by atoms with Crippen molar-refractivity contribution in [2.75, 3.05) is 7.11 Å². The summed E-state index contributed by atoms with van der Waals surface area (Å²) < 4.78 is 60.0.